The van der Waals surface area contributed by atoms with Gasteiger partial charge in [0.15, 0.2) is 0 Å². The molecule has 0 unspecified atom stereocenters. The molecule has 37 heavy (non-hydrogen) atoms. The van der Waals surface area contributed by atoms with E-state index in [-0.39, 0.29) is 27.7 Å². The number of benzene rings is 3. The molecule has 190 valence electrons. The van der Waals surface area contributed by atoms with E-state index < -0.39 is 10.0 Å². The second-order valence-corrected chi connectivity index (χ2v) is 11.6. The van der Waals surface area contributed by atoms with Crippen molar-refractivity contribution in [1.29, 1.82) is 0 Å². The van der Waals surface area contributed by atoms with Crippen LogP contribution in [0.2, 0.25) is 0 Å². The Morgan fingerprint density at radius 1 is 0.892 bits per heavy atom. The quantitative estimate of drug-likeness (QED) is 0.306. The van der Waals surface area contributed by atoms with Crippen molar-refractivity contribution in [1.82, 2.24) is 14.5 Å². The van der Waals surface area contributed by atoms with Crippen LogP contribution in [0.4, 0.5) is 5.69 Å². The van der Waals surface area contributed by atoms with E-state index in [0.717, 1.165) is 36.7 Å². The normalized spacial score (nSPS) is 14.1. The van der Waals surface area contributed by atoms with Gasteiger partial charge in [0.05, 0.1) is 10.6 Å². The van der Waals surface area contributed by atoms with Gasteiger partial charge in [0.1, 0.15) is 0 Å². The van der Waals surface area contributed by atoms with Gasteiger partial charge in [-0.2, -0.15) is 4.31 Å². The van der Waals surface area contributed by atoms with Gasteiger partial charge in [-0.05, 0) is 66.8 Å². The van der Waals surface area contributed by atoms with Crippen LogP contribution in [0.25, 0.3) is 11.5 Å². The molecule has 2 heterocycles. The smallest absolute Gasteiger partial charge is 0.277 e. The Morgan fingerprint density at radius 2 is 1.57 bits per heavy atom. The fourth-order valence-corrected chi connectivity index (χ4v) is 6.17. The van der Waals surface area contributed by atoms with E-state index in [4.69, 9.17) is 4.42 Å². The summed E-state index contributed by atoms with van der Waals surface area (Å²) in [5.41, 5.74) is 3.73. The molecule has 0 aliphatic carbocycles. The Balaban J connectivity index is 1.13. The molecular weight excluding hydrogens is 508 g/mol. The molecule has 1 N–H and O–H groups in total. The number of carbonyl (C=O) groups is 1. The number of rotatable bonds is 9. The minimum absolute atomic E-state index is 0.112. The lowest BCUT2D eigenvalue weighted by molar-refractivity contribution is -0.113. The third kappa shape index (κ3) is 6.27. The maximum Gasteiger partial charge on any atom is 0.277 e. The molecule has 0 atom stereocenters. The number of hydrogen-bond acceptors (Lipinski definition) is 7. The summed E-state index contributed by atoms with van der Waals surface area (Å²) in [6.45, 7) is 1.11. The molecule has 0 radical (unpaired) electrons. The van der Waals surface area contributed by atoms with Crippen molar-refractivity contribution in [2.75, 3.05) is 24.2 Å². The first-order valence-corrected chi connectivity index (χ1v) is 14.4. The number of sulfonamides is 1. The fraction of sp³-hybridized carbons (Fsp3) is 0.222. The Morgan fingerprint density at radius 3 is 2.27 bits per heavy atom. The first kappa shape index (κ1) is 25.2. The number of carbonyl (C=O) groups excluding carboxylic acids is 1. The zero-order valence-electron chi connectivity index (χ0n) is 20.0. The van der Waals surface area contributed by atoms with Crippen molar-refractivity contribution in [2.24, 2.45) is 0 Å². The van der Waals surface area contributed by atoms with Crippen LogP contribution in [0.1, 0.15) is 24.0 Å². The van der Waals surface area contributed by atoms with E-state index in [1.54, 1.807) is 24.3 Å². The number of nitrogens with zero attached hydrogens (tertiary/aromatic N) is 3. The van der Waals surface area contributed by atoms with E-state index in [0.29, 0.717) is 18.7 Å². The minimum Gasteiger partial charge on any atom is -0.411 e. The van der Waals surface area contributed by atoms with Gasteiger partial charge in [-0.1, -0.05) is 54.2 Å². The minimum atomic E-state index is -3.48. The van der Waals surface area contributed by atoms with E-state index in [9.17, 15) is 13.2 Å². The van der Waals surface area contributed by atoms with Crippen LogP contribution in [0.5, 0.6) is 0 Å². The molecule has 3 aromatic carbocycles. The lowest BCUT2D eigenvalue weighted by Gasteiger charge is -2.15. The summed E-state index contributed by atoms with van der Waals surface area (Å²) in [5, 5.41) is 11.2. The second-order valence-electron chi connectivity index (χ2n) is 8.70. The van der Waals surface area contributed by atoms with Gasteiger partial charge in [-0.25, -0.2) is 8.42 Å². The van der Waals surface area contributed by atoms with Crippen molar-refractivity contribution >= 4 is 33.4 Å². The average Bonchev–Trinajstić information content (AvgIpc) is 3.63. The van der Waals surface area contributed by atoms with Gasteiger partial charge in [-0.3, -0.25) is 4.79 Å². The summed E-state index contributed by atoms with van der Waals surface area (Å²) >= 11 is 1.14. The maximum absolute atomic E-state index is 12.7. The molecule has 1 aromatic heterocycles. The van der Waals surface area contributed by atoms with Crippen LogP contribution in [0.15, 0.2) is 93.4 Å². The second kappa shape index (κ2) is 11.3. The number of anilines is 1. The lowest BCUT2D eigenvalue weighted by atomic mass is 10.0. The fourth-order valence-electron chi connectivity index (χ4n) is 4.09. The number of nitrogens with one attached hydrogen (secondary N) is 1. The molecule has 5 rings (SSSR count). The Labute approximate surface area is 220 Å². The molecule has 1 fully saturated rings. The summed E-state index contributed by atoms with van der Waals surface area (Å²) in [6.07, 6.45) is 2.61. The monoisotopic (exact) mass is 534 g/mol. The number of aromatic nitrogens is 2. The summed E-state index contributed by atoms with van der Waals surface area (Å²) in [7, 11) is -3.48. The highest BCUT2D eigenvalue weighted by Gasteiger charge is 2.27. The van der Waals surface area contributed by atoms with Crippen molar-refractivity contribution < 1.29 is 17.6 Å². The molecule has 1 saturated heterocycles. The van der Waals surface area contributed by atoms with E-state index in [2.05, 4.69) is 27.6 Å². The maximum atomic E-state index is 12.7. The van der Waals surface area contributed by atoms with E-state index in [1.165, 1.54) is 15.4 Å². The highest BCUT2D eigenvalue weighted by Crippen LogP contribution is 2.26. The molecule has 0 saturated carbocycles. The zero-order chi connectivity index (χ0) is 25.7. The highest BCUT2D eigenvalue weighted by molar-refractivity contribution is 7.99. The Bertz CT molecular complexity index is 1450. The van der Waals surface area contributed by atoms with Gasteiger partial charge in [0.25, 0.3) is 5.22 Å². The first-order chi connectivity index (χ1) is 18.0. The largest absolute Gasteiger partial charge is 0.411 e. The van der Waals surface area contributed by atoms with E-state index in [1.807, 2.05) is 42.5 Å². The van der Waals surface area contributed by atoms with E-state index >= 15 is 0 Å². The van der Waals surface area contributed by atoms with Crippen LogP contribution in [-0.4, -0.2) is 47.7 Å². The molecular formula is C27H26N4O4S2. The third-order valence-corrected chi connectivity index (χ3v) is 8.76. The standard InChI is InChI=1S/C27H26N4O4S2/c32-25(28-23-12-8-21(9-13-23)18-20-6-2-1-3-7-20)19-36-27-30-29-26(35-27)22-10-14-24(15-11-22)37(33,34)31-16-4-5-17-31/h1-3,6-15H,4-5,16-19H2,(H,28,32). The molecule has 1 amide bonds. The summed E-state index contributed by atoms with van der Waals surface area (Å²) in [4.78, 5) is 12.6. The Kier molecular flexibility index (Phi) is 7.68. The van der Waals surface area contributed by atoms with Crippen LogP contribution in [0.3, 0.4) is 0 Å². The summed E-state index contributed by atoms with van der Waals surface area (Å²) in [6, 6.07) is 24.4. The van der Waals surface area contributed by atoms with Crippen LogP contribution >= 0.6 is 11.8 Å². The molecule has 4 aromatic rings. The number of amides is 1. The zero-order valence-corrected chi connectivity index (χ0v) is 21.7. The van der Waals surface area contributed by atoms with Crippen LogP contribution in [-0.2, 0) is 21.2 Å². The molecule has 0 spiro atoms. The van der Waals surface area contributed by atoms with Gasteiger partial charge >= 0.3 is 0 Å². The Hall–Kier alpha value is -3.47. The van der Waals surface area contributed by atoms with Gasteiger partial charge < -0.3 is 9.73 Å². The summed E-state index contributed by atoms with van der Waals surface area (Å²) in [5.74, 6) is 0.194. The van der Waals surface area contributed by atoms with Gasteiger partial charge in [0, 0.05) is 24.3 Å². The van der Waals surface area contributed by atoms with Gasteiger partial charge in [0.2, 0.25) is 21.8 Å². The number of thioether (sulfide) groups is 1. The van der Waals surface area contributed by atoms with Crippen LogP contribution < -0.4 is 5.32 Å². The average molecular weight is 535 g/mol. The predicted molar refractivity (Wildman–Crippen MR) is 143 cm³/mol. The highest BCUT2D eigenvalue weighted by atomic mass is 32.2. The predicted octanol–water partition coefficient (Wildman–Crippen LogP) is 4.84. The molecule has 0 bridgehead atoms. The number of hydrogen-bond donors (Lipinski definition) is 1. The van der Waals surface area contributed by atoms with Crippen molar-refractivity contribution in [2.45, 2.75) is 29.4 Å². The summed E-state index contributed by atoms with van der Waals surface area (Å²) < 4.78 is 32.6. The van der Waals surface area contributed by atoms with Crippen LogP contribution in [0, 0.1) is 0 Å². The first-order valence-electron chi connectivity index (χ1n) is 12.0. The third-order valence-electron chi connectivity index (χ3n) is 6.03. The lowest BCUT2D eigenvalue weighted by Crippen LogP contribution is -2.27. The van der Waals surface area contributed by atoms with Crippen molar-refractivity contribution in [3.8, 4) is 11.5 Å². The topological polar surface area (TPSA) is 105 Å². The molecule has 1 aliphatic heterocycles. The molecule has 1 aliphatic rings. The molecule has 10 heteroatoms. The SMILES string of the molecule is O=C(CSc1nnc(-c2ccc(S(=O)(=O)N3CCCC3)cc2)o1)Nc1ccc(Cc2ccccc2)cc1. The van der Waals surface area contributed by atoms with Crippen molar-refractivity contribution in [3.63, 3.8) is 0 Å². The van der Waals surface area contributed by atoms with Crippen molar-refractivity contribution in [3.05, 3.63) is 90.0 Å². The van der Waals surface area contributed by atoms with Gasteiger partial charge in [-0.15, -0.1) is 10.2 Å². The molecule has 8 nitrogen and oxygen atoms in total.